The molecule has 0 bridgehead atoms. The fourth-order valence-electron chi connectivity index (χ4n) is 4.05. The number of thiophene rings is 1. The lowest BCUT2D eigenvalue weighted by Crippen LogP contribution is -2.37. The summed E-state index contributed by atoms with van der Waals surface area (Å²) in [6.45, 7) is 4.41. The molecule has 3 aromatic rings. The lowest BCUT2D eigenvalue weighted by atomic mass is 10.0. The molecule has 0 spiro atoms. The van der Waals surface area contributed by atoms with Crippen molar-refractivity contribution >= 4 is 34.5 Å². The highest BCUT2D eigenvalue weighted by molar-refractivity contribution is 7.13. The molecule has 1 aliphatic heterocycles. The SMILES string of the molecule is Cc1ccc(C(=O)N2CCc3c(c(C(=O)N(C)Cc4cscn4)nn3CC3CC3)C2)s1. The standard InChI is InChI=1S/C22H25N5O2S2/c1-14-3-6-19(31-14)21(28)26-8-7-18-17(11-26)20(24-27(18)9-15-4-5-15)22(29)25(2)10-16-12-30-13-23-16/h3,6,12-13,15H,4-5,7-11H2,1-2H3. The van der Waals surface area contributed by atoms with Gasteiger partial charge in [-0.25, -0.2) is 4.98 Å². The second kappa shape index (κ2) is 8.20. The van der Waals surface area contributed by atoms with Crippen molar-refractivity contribution in [1.82, 2.24) is 24.6 Å². The van der Waals surface area contributed by atoms with Gasteiger partial charge < -0.3 is 9.80 Å². The second-order valence-corrected chi connectivity index (χ2v) is 10.4. The Morgan fingerprint density at radius 1 is 1.29 bits per heavy atom. The van der Waals surface area contributed by atoms with E-state index in [2.05, 4.69) is 4.98 Å². The van der Waals surface area contributed by atoms with Crippen molar-refractivity contribution in [2.45, 2.75) is 45.8 Å². The molecule has 3 aromatic heterocycles. The smallest absolute Gasteiger partial charge is 0.274 e. The van der Waals surface area contributed by atoms with Gasteiger partial charge in [-0.1, -0.05) is 0 Å². The van der Waals surface area contributed by atoms with Gasteiger partial charge in [-0.2, -0.15) is 5.10 Å². The van der Waals surface area contributed by atoms with Crippen molar-refractivity contribution in [2.24, 2.45) is 5.92 Å². The highest BCUT2D eigenvalue weighted by Gasteiger charge is 2.33. The Labute approximate surface area is 189 Å². The molecular weight excluding hydrogens is 430 g/mol. The van der Waals surface area contributed by atoms with E-state index in [1.807, 2.05) is 34.0 Å². The maximum absolute atomic E-state index is 13.3. The zero-order valence-corrected chi connectivity index (χ0v) is 19.3. The molecule has 2 aliphatic rings. The normalized spacial score (nSPS) is 15.7. The number of carbonyl (C=O) groups is 2. The van der Waals surface area contributed by atoms with E-state index in [-0.39, 0.29) is 11.8 Å². The van der Waals surface area contributed by atoms with E-state index in [1.54, 1.807) is 17.5 Å². The average molecular weight is 456 g/mol. The number of aromatic nitrogens is 3. The number of nitrogens with zero attached hydrogens (tertiary/aromatic N) is 5. The van der Waals surface area contributed by atoms with Crippen molar-refractivity contribution in [3.63, 3.8) is 0 Å². The van der Waals surface area contributed by atoms with Crippen LogP contribution in [-0.4, -0.2) is 50.0 Å². The summed E-state index contributed by atoms with van der Waals surface area (Å²) in [5.74, 6) is 0.585. The van der Waals surface area contributed by atoms with Gasteiger partial charge in [0.15, 0.2) is 5.69 Å². The molecule has 0 radical (unpaired) electrons. The van der Waals surface area contributed by atoms with E-state index in [0.717, 1.165) is 39.7 Å². The van der Waals surface area contributed by atoms with Crippen LogP contribution in [0.3, 0.4) is 0 Å². The minimum absolute atomic E-state index is 0.0351. The van der Waals surface area contributed by atoms with Gasteiger partial charge in [0.2, 0.25) is 0 Å². The number of fused-ring (bicyclic) bond motifs is 1. The van der Waals surface area contributed by atoms with Crippen molar-refractivity contribution in [2.75, 3.05) is 13.6 Å². The summed E-state index contributed by atoms with van der Waals surface area (Å²) < 4.78 is 2.04. The summed E-state index contributed by atoms with van der Waals surface area (Å²) in [6.07, 6.45) is 3.18. The van der Waals surface area contributed by atoms with E-state index >= 15 is 0 Å². The Morgan fingerprint density at radius 3 is 2.81 bits per heavy atom. The molecular formula is C22H25N5O2S2. The Balaban J connectivity index is 1.42. The Kier molecular flexibility index (Phi) is 5.39. The topological polar surface area (TPSA) is 71.3 Å². The van der Waals surface area contributed by atoms with Gasteiger partial charge in [0.05, 0.1) is 29.2 Å². The maximum Gasteiger partial charge on any atom is 0.274 e. The van der Waals surface area contributed by atoms with Gasteiger partial charge in [0.1, 0.15) is 0 Å². The van der Waals surface area contributed by atoms with Gasteiger partial charge in [-0.3, -0.25) is 14.3 Å². The number of rotatable bonds is 6. The van der Waals surface area contributed by atoms with Gasteiger partial charge in [-0.15, -0.1) is 22.7 Å². The number of hydrogen-bond donors (Lipinski definition) is 0. The van der Waals surface area contributed by atoms with Crippen LogP contribution in [0.2, 0.25) is 0 Å². The fourth-order valence-corrected chi connectivity index (χ4v) is 5.43. The molecule has 5 rings (SSSR count). The molecule has 1 fully saturated rings. The van der Waals surface area contributed by atoms with Crippen molar-refractivity contribution < 1.29 is 9.59 Å². The molecule has 0 atom stereocenters. The Bertz CT molecular complexity index is 1110. The predicted octanol–water partition coefficient (Wildman–Crippen LogP) is 3.59. The molecule has 1 aliphatic carbocycles. The van der Waals surface area contributed by atoms with Crippen LogP contribution in [0.4, 0.5) is 0 Å². The summed E-state index contributed by atoms with van der Waals surface area (Å²) in [5.41, 5.74) is 5.15. The first-order valence-electron chi connectivity index (χ1n) is 10.6. The first-order chi connectivity index (χ1) is 15.0. The number of amides is 2. The molecule has 162 valence electrons. The van der Waals surface area contributed by atoms with Crippen molar-refractivity contribution in [3.8, 4) is 0 Å². The lowest BCUT2D eigenvalue weighted by molar-refractivity contribution is 0.0725. The monoisotopic (exact) mass is 455 g/mol. The minimum atomic E-state index is -0.111. The van der Waals surface area contributed by atoms with Crippen LogP contribution in [0.5, 0.6) is 0 Å². The molecule has 1 saturated carbocycles. The van der Waals surface area contributed by atoms with Crippen LogP contribution in [0.1, 0.15) is 54.8 Å². The van der Waals surface area contributed by atoms with E-state index in [0.29, 0.717) is 31.2 Å². The lowest BCUT2D eigenvalue weighted by Gasteiger charge is -2.28. The van der Waals surface area contributed by atoms with Gasteiger partial charge in [-0.05, 0) is 37.8 Å². The van der Waals surface area contributed by atoms with E-state index in [1.165, 1.54) is 35.5 Å². The summed E-state index contributed by atoms with van der Waals surface area (Å²) >= 11 is 3.04. The average Bonchev–Trinajstić information content (AvgIpc) is 3.13. The highest BCUT2D eigenvalue weighted by atomic mass is 32.1. The molecule has 4 heterocycles. The molecule has 2 amide bonds. The molecule has 0 saturated heterocycles. The van der Waals surface area contributed by atoms with E-state index in [9.17, 15) is 9.59 Å². The van der Waals surface area contributed by atoms with Crippen LogP contribution in [0, 0.1) is 12.8 Å². The third-order valence-corrected chi connectivity index (χ3v) is 7.56. The van der Waals surface area contributed by atoms with E-state index < -0.39 is 0 Å². The number of hydrogen-bond acceptors (Lipinski definition) is 6. The number of thiazole rings is 1. The van der Waals surface area contributed by atoms with Gasteiger partial charge in [0.25, 0.3) is 11.8 Å². The minimum Gasteiger partial charge on any atom is -0.334 e. The fraction of sp³-hybridized carbons (Fsp3) is 0.455. The summed E-state index contributed by atoms with van der Waals surface area (Å²) in [4.78, 5) is 36.1. The molecule has 0 unspecified atom stereocenters. The number of carbonyl (C=O) groups excluding carboxylic acids is 2. The zero-order chi connectivity index (χ0) is 21.5. The van der Waals surface area contributed by atoms with Crippen molar-refractivity contribution in [3.05, 3.63) is 55.4 Å². The zero-order valence-electron chi connectivity index (χ0n) is 17.7. The molecule has 31 heavy (non-hydrogen) atoms. The van der Waals surface area contributed by atoms with E-state index in [4.69, 9.17) is 5.10 Å². The Morgan fingerprint density at radius 2 is 2.13 bits per heavy atom. The van der Waals surface area contributed by atoms with Gasteiger partial charge in [0, 0.05) is 48.1 Å². The third kappa shape index (κ3) is 4.16. The van der Waals surface area contributed by atoms with Crippen LogP contribution in [0.15, 0.2) is 23.0 Å². The maximum atomic E-state index is 13.3. The largest absolute Gasteiger partial charge is 0.334 e. The first kappa shape index (κ1) is 20.4. The first-order valence-corrected chi connectivity index (χ1v) is 12.3. The van der Waals surface area contributed by atoms with Crippen LogP contribution in [-0.2, 0) is 26.1 Å². The predicted molar refractivity (Wildman–Crippen MR) is 120 cm³/mol. The number of aryl methyl sites for hydroxylation is 1. The summed E-state index contributed by atoms with van der Waals surface area (Å²) in [6, 6.07) is 3.87. The van der Waals surface area contributed by atoms with Crippen LogP contribution in [0.25, 0.3) is 0 Å². The molecule has 0 aromatic carbocycles. The van der Waals surface area contributed by atoms with Gasteiger partial charge >= 0.3 is 0 Å². The second-order valence-electron chi connectivity index (χ2n) is 8.43. The van der Waals surface area contributed by atoms with Crippen molar-refractivity contribution in [1.29, 1.82) is 0 Å². The summed E-state index contributed by atoms with van der Waals surface area (Å²) in [5, 5.41) is 6.72. The molecule has 9 heteroatoms. The van der Waals surface area contributed by atoms with Crippen LogP contribution >= 0.6 is 22.7 Å². The third-order valence-electron chi connectivity index (χ3n) is 5.93. The Hall–Kier alpha value is -2.52. The van der Waals surface area contributed by atoms with Crippen LogP contribution < -0.4 is 0 Å². The molecule has 0 N–H and O–H groups in total. The summed E-state index contributed by atoms with van der Waals surface area (Å²) in [7, 11) is 1.79. The molecule has 7 nitrogen and oxygen atoms in total. The highest BCUT2D eigenvalue weighted by Crippen LogP contribution is 2.33. The quantitative estimate of drug-likeness (QED) is 0.570.